The fourth-order valence-corrected chi connectivity index (χ4v) is 2.16. The summed E-state index contributed by atoms with van der Waals surface area (Å²) in [5.41, 5.74) is 0.525. The van der Waals surface area contributed by atoms with E-state index < -0.39 is 6.10 Å². The molecule has 2 atom stereocenters. The summed E-state index contributed by atoms with van der Waals surface area (Å²) in [5.74, 6) is 0.652. The number of rotatable bonds is 7. The molecule has 6 nitrogen and oxygen atoms in total. The van der Waals surface area contributed by atoms with Gasteiger partial charge in [-0.25, -0.2) is 0 Å². The molecule has 1 aliphatic rings. The van der Waals surface area contributed by atoms with E-state index in [-0.39, 0.29) is 18.6 Å². The lowest BCUT2D eigenvalue weighted by Crippen LogP contribution is -2.40. The molecule has 1 aromatic carbocycles. The molecule has 0 radical (unpaired) electrons. The molecule has 1 amide bonds. The van der Waals surface area contributed by atoms with Crippen molar-refractivity contribution in [2.24, 2.45) is 0 Å². The van der Waals surface area contributed by atoms with Gasteiger partial charge >= 0.3 is 0 Å². The number of aliphatic hydroxyl groups is 1. The lowest BCUT2D eigenvalue weighted by atomic mass is 10.2. The molecule has 112 valence electrons. The summed E-state index contributed by atoms with van der Waals surface area (Å²) in [6.07, 6.45) is 0.764. The molecule has 1 aromatic rings. The Hall–Kier alpha value is -2.10. The van der Waals surface area contributed by atoms with Gasteiger partial charge in [0, 0.05) is 25.6 Å². The lowest BCUT2D eigenvalue weighted by Gasteiger charge is -2.15. The number of aliphatic hydroxyl groups excluding tert-OH is 1. The van der Waals surface area contributed by atoms with Crippen LogP contribution in [-0.4, -0.2) is 42.9 Å². The summed E-state index contributed by atoms with van der Waals surface area (Å²) in [6.45, 7) is 1.19. The van der Waals surface area contributed by atoms with Crippen molar-refractivity contribution in [3.63, 3.8) is 0 Å². The Morgan fingerprint density at radius 3 is 3.14 bits per heavy atom. The van der Waals surface area contributed by atoms with Crippen molar-refractivity contribution in [2.75, 3.05) is 19.7 Å². The average molecular weight is 289 g/mol. The number of hydrogen-bond acceptors (Lipinski definition) is 5. The molecular weight excluding hydrogens is 270 g/mol. The summed E-state index contributed by atoms with van der Waals surface area (Å²) in [5, 5.41) is 24.6. The van der Waals surface area contributed by atoms with Crippen LogP contribution in [0.2, 0.25) is 0 Å². The zero-order valence-corrected chi connectivity index (χ0v) is 11.7. The second-order valence-electron chi connectivity index (χ2n) is 5.07. The van der Waals surface area contributed by atoms with Gasteiger partial charge in [-0.05, 0) is 24.6 Å². The van der Waals surface area contributed by atoms with Gasteiger partial charge in [-0.15, -0.1) is 0 Å². The summed E-state index contributed by atoms with van der Waals surface area (Å²) >= 11 is 0. The highest BCUT2D eigenvalue weighted by Crippen LogP contribution is 2.12. The second kappa shape index (κ2) is 7.62. The quantitative estimate of drug-likeness (QED) is 0.665. The fourth-order valence-electron chi connectivity index (χ4n) is 2.16. The average Bonchev–Trinajstić information content (AvgIpc) is 2.91. The number of nitriles is 1. The van der Waals surface area contributed by atoms with Gasteiger partial charge in [0.05, 0.1) is 11.6 Å². The summed E-state index contributed by atoms with van der Waals surface area (Å²) in [6, 6.07) is 9.00. The molecule has 2 rings (SSSR count). The van der Waals surface area contributed by atoms with Gasteiger partial charge in [-0.2, -0.15) is 5.26 Å². The number of ether oxygens (including phenoxy) is 1. The van der Waals surface area contributed by atoms with E-state index in [1.165, 1.54) is 0 Å². The molecule has 0 saturated carbocycles. The minimum Gasteiger partial charge on any atom is -0.491 e. The van der Waals surface area contributed by atoms with Crippen LogP contribution < -0.4 is 15.4 Å². The first-order valence-electron chi connectivity index (χ1n) is 6.98. The van der Waals surface area contributed by atoms with E-state index in [0.29, 0.717) is 30.8 Å². The molecule has 2 unspecified atom stereocenters. The third-order valence-corrected chi connectivity index (χ3v) is 3.26. The van der Waals surface area contributed by atoms with E-state index in [9.17, 15) is 9.90 Å². The second-order valence-corrected chi connectivity index (χ2v) is 5.07. The maximum Gasteiger partial charge on any atom is 0.220 e. The van der Waals surface area contributed by atoms with E-state index in [2.05, 4.69) is 10.6 Å². The van der Waals surface area contributed by atoms with E-state index in [4.69, 9.17) is 10.00 Å². The SMILES string of the molecule is N#Cc1cccc(OCC(O)CNCC2CCC(=O)N2)c1. The maximum atomic E-state index is 11.0. The number of benzene rings is 1. The van der Waals surface area contributed by atoms with Crippen molar-refractivity contribution >= 4 is 5.91 Å². The van der Waals surface area contributed by atoms with Crippen LogP contribution in [0.3, 0.4) is 0 Å². The van der Waals surface area contributed by atoms with Crippen molar-refractivity contribution < 1.29 is 14.6 Å². The van der Waals surface area contributed by atoms with Gasteiger partial charge in [0.2, 0.25) is 5.91 Å². The Morgan fingerprint density at radius 1 is 1.57 bits per heavy atom. The Morgan fingerprint density at radius 2 is 2.43 bits per heavy atom. The Bertz CT molecular complexity index is 527. The molecule has 0 aromatic heterocycles. The molecule has 0 spiro atoms. The van der Waals surface area contributed by atoms with Gasteiger partial charge in [0.15, 0.2) is 0 Å². The third kappa shape index (κ3) is 5.06. The number of hydrogen-bond donors (Lipinski definition) is 3. The van der Waals surface area contributed by atoms with Crippen LogP contribution in [0.4, 0.5) is 0 Å². The third-order valence-electron chi connectivity index (χ3n) is 3.26. The van der Waals surface area contributed by atoms with E-state index >= 15 is 0 Å². The maximum absolute atomic E-state index is 11.0. The molecule has 1 fully saturated rings. The number of carbonyl (C=O) groups is 1. The predicted octanol–water partition coefficient (Wildman–Crippen LogP) is 0.166. The molecular formula is C15H19N3O3. The highest BCUT2D eigenvalue weighted by Gasteiger charge is 2.20. The van der Waals surface area contributed by atoms with Crippen LogP contribution in [0.5, 0.6) is 5.75 Å². The number of carbonyl (C=O) groups excluding carboxylic acids is 1. The molecule has 1 aliphatic heterocycles. The number of nitrogens with zero attached hydrogens (tertiary/aromatic N) is 1. The van der Waals surface area contributed by atoms with E-state index in [1.807, 2.05) is 6.07 Å². The first kappa shape index (κ1) is 15.3. The first-order valence-corrected chi connectivity index (χ1v) is 6.98. The minimum atomic E-state index is -0.646. The normalized spacial score (nSPS) is 18.9. The van der Waals surface area contributed by atoms with E-state index in [0.717, 1.165) is 6.42 Å². The zero-order valence-electron chi connectivity index (χ0n) is 11.7. The van der Waals surface area contributed by atoms with Crippen LogP contribution in [0.1, 0.15) is 18.4 Å². The van der Waals surface area contributed by atoms with Crippen molar-refractivity contribution in [1.29, 1.82) is 5.26 Å². The van der Waals surface area contributed by atoms with Gasteiger partial charge < -0.3 is 20.5 Å². The Balaban J connectivity index is 1.64. The fraction of sp³-hybridized carbons (Fsp3) is 0.467. The zero-order chi connectivity index (χ0) is 15.1. The van der Waals surface area contributed by atoms with Gasteiger partial charge in [-0.1, -0.05) is 6.07 Å². The molecule has 21 heavy (non-hydrogen) atoms. The molecule has 1 heterocycles. The summed E-state index contributed by atoms with van der Waals surface area (Å²) in [7, 11) is 0. The Kier molecular flexibility index (Phi) is 5.55. The van der Waals surface area contributed by atoms with Crippen LogP contribution >= 0.6 is 0 Å². The number of nitrogens with one attached hydrogen (secondary N) is 2. The van der Waals surface area contributed by atoms with Gasteiger partial charge in [0.1, 0.15) is 18.5 Å². The largest absolute Gasteiger partial charge is 0.491 e. The van der Waals surface area contributed by atoms with Crippen molar-refractivity contribution in [1.82, 2.24) is 10.6 Å². The van der Waals surface area contributed by atoms with Crippen molar-refractivity contribution in [3.05, 3.63) is 29.8 Å². The van der Waals surface area contributed by atoms with Crippen molar-refractivity contribution in [3.8, 4) is 11.8 Å². The van der Waals surface area contributed by atoms with Gasteiger partial charge in [-0.3, -0.25) is 4.79 Å². The van der Waals surface area contributed by atoms with Crippen molar-refractivity contribution in [2.45, 2.75) is 25.0 Å². The highest BCUT2D eigenvalue weighted by molar-refractivity contribution is 5.78. The minimum absolute atomic E-state index is 0.0862. The van der Waals surface area contributed by atoms with E-state index in [1.54, 1.807) is 24.3 Å². The monoisotopic (exact) mass is 289 g/mol. The van der Waals surface area contributed by atoms with Crippen LogP contribution in [-0.2, 0) is 4.79 Å². The van der Waals surface area contributed by atoms with Crippen LogP contribution in [0.15, 0.2) is 24.3 Å². The Labute approximate surface area is 123 Å². The molecule has 0 bridgehead atoms. The molecule has 3 N–H and O–H groups in total. The summed E-state index contributed by atoms with van der Waals surface area (Å²) < 4.78 is 5.44. The standard InChI is InChI=1S/C15H19N3O3/c16-7-11-2-1-3-14(6-11)21-10-13(19)9-17-8-12-4-5-15(20)18-12/h1-3,6,12-13,17,19H,4-5,8-10H2,(H,18,20). The first-order chi connectivity index (χ1) is 10.2. The molecule has 6 heteroatoms. The summed E-state index contributed by atoms with van der Waals surface area (Å²) in [4.78, 5) is 11.0. The highest BCUT2D eigenvalue weighted by atomic mass is 16.5. The number of amides is 1. The smallest absolute Gasteiger partial charge is 0.220 e. The van der Waals surface area contributed by atoms with Crippen LogP contribution in [0, 0.1) is 11.3 Å². The van der Waals surface area contributed by atoms with Gasteiger partial charge in [0.25, 0.3) is 0 Å². The molecule has 1 saturated heterocycles. The predicted molar refractivity (Wildman–Crippen MR) is 76.7 cm³/mol. The van der Waals surface area contributed by atoms with Crippen LogP contribution in [0.25, 0.3) is 0 Å². The topological polar surface area (TPSA) is 94.4 Å². The molecule has 0 aliphatic carbocycles. The lowest BCUT2D eigenvalue weighted by molar-refractivity contribution is -0.119.